The number of carbonyl (C=O) groups excluding carboxylic acids is 2. The van der Waals surface area contributed by atoms with Gasteiger partial charge in [0.1, 0.15) is 0 Å². The molecule has 6 heteroatoms. The smallest absolute Gasteiger partial charge is 0.332 e. The van der Waals surface area contributed by atoms with E-state index in [1.165, 1.54) is 6.92 Å². The number of aliphatic hydroxyl groups excluding tert-OH is 1. The van der Waals surface area contributed by atoms with Crippen LogP contribution in [0.25, 0.3) is 0 Å². The van der Waals surface area contributed by atoms with Crippen molar-refractivity contribution >= 4 is 11.9 Å². The Morgan fingerprint density at radius 3 is 2.38 bits per heavy atom. The average molecular weight is 232 g/mol. The summed E-state index contributed by atoms with van der Waals surface area (Å²) in [6.07, 6.45) is -0.758. The fourth-order valence-corrected chi connectivity index (χ4v) is 0.839. The van der Waals surface area contributed by atoms with Gasteiger partial charge < -0.3 is 20.9 Å². The summed E-state index contributed by atoms with van der Waals surface area (Å²) in [7, 11) is 0. The first kappa shape index (κ1) is 14.9. The Kier molecular flexibility index (Phi) is 5.40. The van der Waals surface area contributed by atoms with Crippen molar-refractivity contribution in [2.75, 3.05) is 6.61 Å². The first-order valence-corrected chi connectivity index (χ1v) is 5.14. The molecule has 16 heavy (non-hydrogen) atoms. The van der Waals surface area contributed by atoms with Crippen molar-refractivity contribution in [1.29, 1.82) is 0 Å². The molecule has 0 radical (unpaired) electrons. The third-order valence-electron chi connectivity index (χ3n) is 2.31. The van der Waals surface area contributed by atoms with Gasteiger partial charge in [0.15, 0.2) is 6.04 Å². The van der Waals surface area contributed by atoms with Crippen LogP contribution in [0, 0.1) is 0 Å². The molecule has 6 nitrogen and oxygen atoms in total. The molecule has 0 rings (SSSR count). The lowest BCUT2D eigenvalue weighted by Crippen LogP contribution is -2.57. The van der Waals surface area contributed by atoms with Crippen LogP contribution in [0.15, 0.2) is 0 Å². The quantitative estimate of drug-likeness (QED) is 0.423. The number of hydrogen-bond donors (Lipinski definition) is 3. The van der Waals surface area contributed by atoms with Crippen molar-refractivity contribution in [2.45, 2.75) is 45.4 Å². The first-order valence-electron chi connectivity index (χ1n) is 5.14. The van der Waals surface area contributed by atoms with Crippen LogP contribution in [0.5, 0.6) is 0 Å². The largest absolute Gasteiger partial charge is 0.464 e. The number of ether oxygens (including phenoxy) is 1. The Bertz CT molecular complexity index is 264. The normalized spacial score (nSPS) is 15.1. The highest BCUT2D eigenvalue weighted by atomic mass is 16.5. The van der Waals surface area contributed by atoms with E-state index in [9.17, 15) is 14.7 Å². The molecule has 2 unspecified atom stereocenters. The number of aliphatic hydroxyl groups is 1. The Hall–Kier alpha value is -1.14. The maximum Gasteiger partial charge on any atom is 0.332 e. The molecular formula is C10H20N2O4. The molecule has 94 valence electrons. The first-order chi connectivity index (χ1) is 7.22. The van der Waals surface area contributed by atoms with Gasteiger partial charge in [-0.05, 0) is 27.7 Å². The maximum atomic E-state index is 11.5. The molecule has 0 saturated heterocycles. The van der Waals surface area contributed by atoms with Crippen LogP contribution in [0.3, 0.4) is 0 Å². The van der Waals surface area contributed by atoms with Crippen molar-refractivity contribution in [3.63, 3.8) is 0 Å². The molecule has 2 atom stereocenters. The monoisotopic (exact) mass is 232 g/mol. The Morgan fingerprint density at radius 1 is 1.50 bits per heavy atom. The number of hydrogen-bond acceptors (Lipinski definition) is 5. The molecule has 0 heterocycles. The number of carbonyl (C=O) groups is 2. The zero-order valence-electron chi connectivity index (χ0n) is 10.1. The zero-order valence-corrected chi connectivity index (χ0v) is 10.1. The molecule has 0 fully saturated rings. The van der Waals surface area contributed by atoms with Crippen LogP contribution in [-0.4, -0.2) is 41.3 Å². The number of nitrogens with one attached hydrogen (secondary N) is 1. The van der Waals surface area contributed by atoms with Gasteiger partial charge in [-0.25, -0.2) is 4.79 Å². The molecule has 0 bridgehead atoms. The minimum atomic E-state index is -1.36. The summed E-state index contributed by atoms with van der Waals surface area (Å²) in [5, 5.41) is 11.9. The molecule has 1 amide bonds. The number of amides is 1. The van der Waals surface area contributed by atoms with E-state index in [1.807, 2.05) is 0 Å². The molecule has 0 spiro atoms. The molecule has 0 aromatic heterocycles. The SMILES string of the molecule is CCOC(=O)C(N)C(=O)NC(C)(C)C(C)O. The third-order valence-corrected chi connectivity index (χ3v) is 2.31. The highest BCUT2D eigenvalue weighted by molar-refractivity contribution is 6.01. The van der Waals surface area contributed by atoms with E-state index in [4.69, 9.17) is 5.73 Å². The van der Waals surface area contributed by atoms with Crippen molar-refractivity contribution < 1.29 is 19.4 Å². The Balaban J connectivity index is 4.42. The van der Waals surface area contributed by atoms with Gasteiger partial charge in [0.25, 0.3) is 0 Å². The number of rotatable bonds is 5. The van der Waals surface area contributed by atoms with Gasteiger partial charge in [-0.3, -0.25) is 4.79 Å². The van der Waals surface area contributed by atoms with Gasteiger partial charge in [0, 0.05) is 0 Å². The summed E-state index contributed by atoms with van der Waals surface area (Å²) < 4.78 is 4.61. The van der Waals surface area contributed by atoms with Crippen molar-refractivity contribution in [2.24, 2.45) is 5.73 Å². The van der Waals surface area contributed by atoms with E-state index in [2.05, 4.69) is 10.1 Å². The lowest BCUT2D eigenvalue weighted by molar-refractivity contribution is -0.148. The Labute approximate surface area is 95.1 Å². The minimum Gasteiger partial charge on any atom is -0.464 e. The summed E-state index contributed by atoms with van der Waals surface area (Å²) in [5.74, 6) is -1.44. The van der Waals surface area contributed by atoms with Crippen LogP contribution < -0.4 is 11.1 Å². The van der Waals surface area contributed by atoms with Crippen LogP contribution in [0.1, 0.15) is 27.7 Å². The molecule has 0 aromatic carbocycles. The summed E-state index contributed by atoms with van der Waals surface area (Å²) in [4.78, 5) is 22.7. The van der Waals surface area contributed by atoms with E-state index in [1.54, 1.807) is 20.8 Å². The molecule has 0 aliphatic rings. The van der Waals surface area contributed by atoms with E-state index >= 15 is 0 Å². The standard InChI is InChI=1S/C10H20N2O4/c1-5-16-9(15)7(11)8(14)12-10(3,4)6(2)13/h6-7,13H,5,11H2,1-4H3,(H,12,14). The average Bonchev–Trinajstić information content (AvgIpc) is 2.15. The number of esters is 1. The van der Waals surface area contributed by atoms with Crippen molar-refractivity contribution in [3.8, 4) is 0 Å². The molecule has 4 N–H and O–H groups in total. The highest BCUT2D eigenvalue weighted by Gasteiger charge is 2.31. The second kappa shape index (κ2) is 5.81. The number of nitrogens with two attached hydrogens (primary N) is 1. The lowest BCUT2D eigenvalue weighted by Gasteiger charge is -2.30. The fourth-order valence-electron chi connectivity index (χ4n) is 0.839. The maximum absolute atomic E-state index is 11.5. The van der Waals surface area contributed by atoms with Crippen LogP contribution in [0.4, 0.5) is 0 Å². The van der Waals surface area contributed by atoms with Crippen LogP contribution >= 0.6 is 0 Å². The van der Waals surface area contributed by atoms with Gasteiger partial charge in [-0.15, -0.1) is 0 Å². The van der Waals surface area contributed by atoms with Crippen LogP contribution in [-0.2, 0) is 14.3 Å². The summed E-state index contributed by atoms with van der Waals surface area (Å²) >= 11 is 0. The van der Waals surface area contributed by atoms with Gasteiger partial charge in [-0.2, -0.15) is 0 Å². The topological polar surface area (TPSA) is 102 Å². The summed E-state index contributed by atoms with van der Waals surface area (Å²) in [6.45, 7) is 6.60. The summed E-state index contributed by atoms with van der Waals surface area (Å²) in [6, 6.07) is -1.36. The lowest BCUT2D eigenvalue weighted by atomic mass is 9.98. The Morgan fingerprint density at radius 2 is 2.00 bits per heavy atom. The second-order valence-corrected chi connectivity index (χ2v) is 4.12. The molecule has 0 aliphatic carbocycles. The van der Waals surface area contributed by atoms with E-state index in [-0.39, 0.29) is 6.61 Å². The van der Waals surface area contributed by atoms with E-state index < -0.39 is 29.6 Å². The van der Waals surface area contributed by atoms with E-state index in [0.717, 1.165) is 0 Å². The molecule has 0 aromatic rings. The van der Waals surface area contributed by atoms with Gasteiger partial charge in [-0.1, -0.05) is 0 Å². The fraction of sp³-hybridized carbons (Fsp3) is 0.800. The van der Waals surface area contributed by atoms with Crippen molar-refractivity contribution in [3.05, 3.63) is 0 Å². The highest BCUT2D eigenvalue weighted by Crippen LogP contribution is 2.08. The molecule has 0 saturated carbocycles. The minimum absolute atomic E-state index is 0.166. The van der Waals surface area contributed by atoms with Gasteiger partial charge in [0.2, 0.25) is 5.91 Å². The van der Waals surface area contributed by atoms with E-state index in [0.29, 0.717) is 0 Å². The van der Waals surface area contributed by atoms with Crippen molar-refractivity contribution in [1.82, 2.24) is 5.32 Å². The second-order valence-electron chi connectivity index (χ2n) is 4.12. The molecule has 0 aliphatic heterocycles. The van der Waals surface area contributed by atoms with Gasteiger partial charge in [0.05, 0.1) is 18.2 Å². The van der Waals surface area contributed by atoms with Gasteiger partial charge >= 0.3 is 5.97 Å². The molecular weight excluding hydrogens is 212 g/mol. The predicted molar refractivity (Wildman–Crippen MR) is 58.5 cm³/mol. The van der Waals surface area contributed by atoms with Crippen LogP contribution in [0.2, 0.25) is 0 Å². The summed E-state index contributed by atoms with van der Waals surface area (Å²) in [5.41, 5.74) is 4.54. The zero-order chi connectivity index (χ0) is 12.9. The predicted octanol–water partition coefficient (Wildman–Crippen LogP) is -0.848. The third kappa shape index (κ3) is 4.16.